The number of aliphatic hydroxyl groups excluding tert-OH is 1. The van der Waals surface area contributed by atoms with Gasteiger partial charge in [0.2, 0.25) is 5.78 Å². The van der Waals surface area contributed by atoms with E-state index in [1.807, 2.05) is 6.07 Å². The minimum absolute atomic E-state index is 0.0281. The summed E-state index contributed by atoms with van der Waals surface area (Å²) >= 11 is 0. The monoisotopic (exact) mass is 317 g/mol. The lowest BCUT2D eigenvalue weighted by Crippen LogP contribution is -2.56. The van der Waals surface area contributed by atoms with E-state index >= 15 is 0 Å². The van der Waals surface area contributed by atoms with Crippen LogP contribution in [0.1, 0.15) is 25.8 Å². The number of benzene rings is 1. The molecule has 2 heterocycles. The van der Waals surface area contributed by atoms with Crippen molar-refractivity contribution in [1.82, 2.24) is 5.32 Å². The minimum Gasteiger partial charge on any atom is -0.470 e. The van der Waals surface area contributed by atoms with E-state index in [4.69, 9.17) is 4.74 Å². The molecule has 0 saturated carbocycles. The molecule has 3 atom stereocenters. The van der Waals surface area contributed by atoms with Crippen molar-refractivity contribution in [2.45, 2.75) is 44.1 Å². The normalized spacial score (nSPS) is 33.3. The zero-order chi connectivity index (χ0) is 16.8. The average molecular weight is 317 g/mol. The second-order valence-electron chi connectivity index (χ2n) is 6.01. The van der Waals surface area contributed by atoms with Crippen molar-refractivity contribution in [3.05, 3.63) is 47.2 Å². The van der Waals surface area contributed by atoms with Crippen LogP contribution in [0.15, 0.2) is 41.7 Å². The van der Waals surface area contributed by atoms with E-state index < -0.39 is 29.1 Å². The van der Waals surface area contributed by atoms with Gasteiger partial charge in [-0.2, -0.15) is 0 Å². The maximum atomic E-state index is 12.5. The van der Waals surface area contributed by atoms with Gasteiger partial charge in [0, 0.05) is 18.4 Å². The molecule has 1 spiro atoms. The van der Waals surface area contributed by atoms with Gasteiger partial charge >= 0.3 is 0 Å². The highest BCUT2D eigenvalue weighted by atomic mass is 16.5. The van der Waals surface area contributed by atoms with Crippen LogP contribution in [0, 0.1) is 0 Å². The predicted molar refractivity (Wildman–Crippen MR) is 81.1 cm³/mol. The molecule has 2 aliphatic heterocycles. The third kappa shape index (κ3) is 2.09. The van der Waals surface area contributed by atoms with Crippen molar-refractivity contribution in [3.63, 3.8) is 0 Å². The van der Waals surface area contributed by atoms with Gasteiger partial charge in [-0.3, -0.25) is 9.59 Å². The van der Waals surface area contributed by atoms with Gasteiger partial charge in [0.25, 0.3) is 11.5 Å². The third-order valence-electron chi connectivity index (χ3n) is 4.52. The number of allylic oxidation sites excluding steroid dienone is 1. The molecule has 1 saturated heterocycles. The van der Waals surface area contributed by atoms with E-state index in [-0.39, 0.29) is 6.42 Å². The number of aliphatic hydroxyl groups is 2. The molecule has 1 unspecified atom stereocenters. The first-order valence-electron chi connectivity index (χ1n) is 7.55. The Kier molecular flexibility index (Phi) is 3.54. The molecule has 0 aliphatic carbocycles. The van der Waals surface area contributed by atoms with Crippen LogP contribution in [0.2, 0.25) is 0 Å². The molecular weight excluding hydrogens is 298 g/mol. The summed E-state index contributed by atoms with van der Waals surface area (Å²) in [6, 6.07) is 8.93. The van der Waals surface area contributed by atoms with Crippen LogP contribution in [0.3, 0.4) is 0 Å². The van der Waals surface area contributed by atoms with Crippen LogP contribution >= 0.6 is 0 Å². The molecule has 1 aromatic carbocycles. The van der Waals surface area contributed by atoms with Crippen LogP contribution in [-0.2, 0) is 20.7 Å². The Balaban J connectivity index is 1.95. The molecule has 1 aromatic rings. The molecule has 2 aliphatic rings. The number of ether oxygens (including phenoxy) is 1. The molecule has 3 rings (SSSR count). The second-order valence-corrected chi connectivity index (χ2v) is 6.01. The Morgan fingerprint density at radius 1 is 1.26 bits per heavy atom. The van der Waals surface area contributed by atoms with Crippen LogP contribution in [0.5, 0.6) is 0 Å². The van der Waals surface area contributed by atoms with Gasteiger partial charge < -0.3 is 20.3 Å². The van der Waals surface area contributed by atoms with Crippen molar-refractivity contribution >= 4 is 11.7 Å². The maximum absolute atomic E-state index is 12.5. The average Bonchev–Trinajstić information content (AvgIpc) is 2.89. The van der Waals surface area contributed by atoms with E-state index in [2.05, 4.69) is 5.32 Å². The van der Waals surface area contributed by atoms with Crippen molar-refractivity contribution in [2.75, 3.05) is 0 Å². The fourth-order valence-electron chi connectivity index (χ4n) is 3.26. The molecule has 23 heavy (non-hydrogen) atoms. The molecular formula is C17H19NO5. The molecule has 6 heteroatoms. The largest absolute Gasteiger partial charge is 0.470 e. The van der Waals surface area contributed by atoms with Gasteiger partial charge in [-0.25, -0.2) is 0 Å². The summed E-state index contributed by atoms with van der Waals surface area (Å²) in [7, 11) is 0. The van der Waals surface area contributed by atoms with E-state index in [1.54, 1.807) is 38.1 Å². The van der Waals surface area contributed by atoms with Crippen LogP contribution in [0.4, 0.5) is 0 Å². The Hall–Kier alpha value is -2.18. The molecule has 0 bridgehead atoms. The molecule has 3 N–H and O–H groups in total. The summed E-state index contributed by atoms with van der Waals surface area (Å²) in [6.45, 7) is 3.35. The number of hydrogen-bond acceptors (Lipinski definition) is 5. The number of carbonyl (C=O) groups is 2. The van der Waals surface area contributed by atoms with Crippen molar-refractivity contribution in [2.24, 2.45) is 0 Å². The SMILES string of the molecule is CCC1=C(C)C(=O)[C@]2(O1)C(=O)NC(O)(Cc1ccccc1)[C@@H]2O. The van der Waals surface area contributed by atoms with Gasteiger partial charge in [-0.1, -0.05) is 37.3 Å². The van der Waals surface area contributed by atoms with Gasteiger partial charge in [0.15, 0.2) is 11.8 Å². The second kappa shape index (κ2) is 5.18. The maximum Gasteiger partial charge on any atom is 0.278 e. The van der Waals surface area contributed by atoms with Gasteiger partial charge in [0.1, 0.15) is 5.76 Å². The van der Waals surface area contributed by atoms with Crippen LogP contribution in [0.25, 0.3) is 0 Å². The van der Waals surface area contributed by atoms with Crippen molar-refractivity contribution < 1.29 is 24.5 Å². The molecule has 1 amide bonds. The summed E-state index contributed by atoms with van der Waals surface area (Å²) in [4.78, 5) is 25.0. The number of Topliss-reactive ketones (excluding diaryl/α,β-unsaturated/α-hetero) is 1. The topological polar surface area (TPSA) is 95.9 Å². The summed E-state index contributed by atoms with van der Waals surface area (Å²) in [5.74, 6) is -1.03. The molecule has 6 nitrogen and oxygen atoms in total. The fraction of sp³-hybridized carbons (Fsp3) is 0.412. The van der Waals surface area contributed by atoms with E-state index in [0.29, 0.717) is 17.8 Å². The summed E-state index contributed by atoms with van der Waals surface area (Å²) in [5.41, 5.74) is -3.01. The number of hydrogen-bond donors (Lipinski definition) is 3. The number of carbonyl (C=O) groups excluding carboxylic acids is 2. The molecule has 122 valence electrons. The van der Waals surface area contributed by atoms with E-state index in [9.17, 15) is 19.8 Å². The summed E-state index contributed by atoms with van der Waals surface area (Å²) < 4.78 is 5.55. The zero-order valence-electron chi connectivity index (χ0n) is 13.0. The fourth-order valence-corrected chi connectivity index (χ4v) is 3.26. The molecule has 0 radical (unpaired) electrons. The van der Waals surface area contributed by atoms with Gasteiger partial charge in [-0.15, -0.1) is 0 Å². The number of amides is 1. The van der Waals surface area contributed by atoms with Crippen molar-refractivity contribution in [1.29, 1.82) is 0 Å². The Morgan fingerprint density at radius 3 is 2.48 bits per heavy atom. The molecule has 1 fully saturated rings. The van der Waals surface area contributed by atoms with Gasteiger partial charge in [0.05, 0.1) is 0 Å². The first-order chi connectivity index (χ1) is 10.8. The highest BCUT2D eigenvalue weighted by molar-refractivity contribution is 6.20. The van der Waals surface area contributed by atoms with E-state index in [0.717, 1.165) is 5.56 Å². The summed E-state index contributed by atoms with van der Waals surface area (Å²) in [5, 5.41) is 23.7. The van der Waals surface area contributed by atoms with Gasteiger partial charge in [-0.05, 0) is 12.5 Å². The number of rotatable bonds is 3. The first-order valence-corrected chi connectivity index (χ1v) is 7.55. The predicted octanol–water partition coefficient (Wildman–Crippen LogP) is 0.430. The highest BCUT2D eigenvalue weighted by Gasteiger charge is 2.70. The van der Waals surface area contributed by atoms with Crippen LogP contribution < -0.4 is 5.32 Å². The zero-order valence-corrected chi connectivity index (χ0v) is 13.0. The Morgan fingerprint density at radius 2 is 1.91 bits per heavy atom. The number of nitrogens with one attached hydrogen (secondary N) is 1. The Labute approximate surface area is 133 Å². The van der Waals surface area contributed by atoms with Crippen molar-refractivity contribution in [3.8, 4) is 0 Å². The lowest BCUT2D eigenvalue weighted by atomic mass is 9.85. The minimum atomic E-state index is -2.08. The lowest BCUT2D eigenvalue weighted by molar-refractivity contribution is -0.162. The molecule has 0 aromatic heterocycles. The quantitative estimate of drug-likeness (QED) is 0.703. The highest BCUT2D eigenvalue weighted by Crippen LogP contribution is 2.42. The smallest absolute Gasteiger partial charge is 0.278 e. The standard InChI is InChI=1S/C17H19NO5/c1-3-12-10(2)13(19)17(23-12)14(20)16(22,18-15(17)21)9-11-7-5-4-6-8-11/h4-8,14,20,22H,3,9H2,1-2H3,(H,18,21)/t14-,16?,17+/m0/s1. The Bertz CT molecular complexity index is 698. The first kappa shape index (κ1) is 15.7. The summed E-state index contributed by atoms with van der Waals surface area (Å²) in [6.07, 6.45) is -1.30. The number of ketones is 1. The van der Waals surface area contributed by atoms with Crippen LogP contribution in [-0.4, -0.2) is 39.3 Å². The van der Waals surface area contributed by atoms with E-state index in [1.165, 1.54) is 0 Å². The third-order valence-corrected chi connectivity index (χ3v) is 4.52. The lowest BCUT2D eigenvalue weighted by Gasteiger charge is -2.30.